The summed E-state index contributed by atoms with van der Waals surface area (Å²) >= 11 is 5.88. The first-order valence-corrected chi connectivity index (χ1v) is 9.38. The number of halogens is 1. The Bertz CT molecular complexity index is 795. The number of rotatable bonds is 5. The fourth-order valence-corrected chi connectivity index (χ4v) is 3.39. The molecule has 6 heteroatoms. The first-order valence-electron chi connectivity index (χ1n) is 9.00. The maximum Gasteiger partial charge on any atom is 0.410 e. The number of likely N-dealkylation sites (tertiary alicyclic amines) is 1. The Morgan fingerprint density at radius 2 is 1.81 bits per heavy atom. The fraction of sp³-hybridized carbons (Fsp3) is 0.333. The Morgan fingerprint density at radius 3 is 2.52 bits per heavy atom. The lowest BCUT2D eigenvalue weighted by atomic mass is 9.98. The highest BCUT2D eigenvalue weighted by molar-refractivity contribution is 6.30. The van der Waals surface area contributed by atoms with Gasteiger partial charge in [0.1, 0.15) is 12.1 Å². The summed E-state index contributed by atoms with van der Waals surface area (Å²) in [7, 11) is 0. The molecule has 1 fully saturated rings. The highest BCUT2D eigenvalue weighted by atomic mass is 35.5. The molecule has 1 unspecified atom stereocenters. The quantitative estimate of drug-likeness (QED) is 0.839. The van der Waals surface area contributed by atoms with Gasteiger partial charge >= 0.3 is 6.09 Å². The van der Waals surface area contributed by atoms with Gasteiger partial charge in [0.05, 0.1) is 0 Å². The minimum atomic E-state index is -0.903. The molecule has 2 amide bonds. The summed E-state index contributed by atoms with van der Waals surface area (Å²) in [6.07, 6.45) is 0.922. The predicted octanol–water partition coefficient (Wildman–Crippen LogP) is 4.15. The normalized spacial score (nSPS) is 19.0. The molecule has 27 heavy (non-hydrogen) atoms. The standard InChI is InChI=1S/C21H23ClN2O3/c1-21(19(25)23-14-16-8-10-18(22)11-9-16)12-5-13-24(21)20(26)27-15-17-6-3-2-4-7-17/h2-4,6-11H,5,12-15H2,1H3,(H,23,25). The van der Waals surface area contributed by atoms with Gasteiger partial charge in [-0.2, -0.15) is 0 Å². The van der Waals surface area contributed by atoms with Gasteiger partial charge in [0.15, 0.2) is 0 Å². The van der Waals surface area contributed by atoms with Crippen molar-refractivity contribution in [2.24, 2.45) is 0 Å². The Morgan fingerprint density at radius 1 is 1.11 bits per heavy atom. The minimum absolute atomic E-state index is 0.174. The van der Waals surface area contributed by atoms with Crippen molar-refractivity contribution in [2.45, 2.75) is 38.5 Å². The van der Waals surface area contributed by atoms with Crippen molar-refractivity contribution in [3.63, 3.8) is 0 Å². The molecule has 1 N–H and O–H groups in total. The van der Waals surface area contributed by atoms with Gasteiger partial charge in [-0.15, -0.1) is 0 Å². The zero-order valence-electron chi connectivity index (χ0n) is 15.3. The average molecular weight is 387 g/mol. The molecule has 2 aromatic rings. The van der Waals surface area contributed by atoms with Crippen LogP contribution in [0.15, 0.2) is 54.6 Å². The van der Waals surface area contributed by atoms with Gasteiger partial charge in [0.25, 0.3) is 0 Å². The smallest absolute Gasteiger partial charge is 0.410 e. The van der Waals surface area contributed by atoms with Crippen LogP contribution in [-0.4, -0.2) is 29.0 Å². The second-order valence-corrected chi connectivity index (χ2v) is 7.31. The summed E-state index contributed by atoms with van der Waals surface area (Å²) in [5.74, 6) is -0.174. The Labute approximate surface area is 164 Å². The van der Waals surface area contributed by atoms with Crippen LogP contribution in [0, 0.1) is 0 Å². The summed E-state index contributed by atoms with van der Waals surface area (Å²) in [5, 5.41) is 3.58. The maximum absolute atomic E-state index is 12.8. The summed E-state index contributed by atoms with van der Waals surface area (Å²) in [5.41, 5.74) is 0.965. The number of carbonyl (C=O) groups is 2. The van der Waals surface area contributed by atoms with Crippen molar-refractivity contribution in [1.82, 2.24) is 10.2 Å². The number of hydrogen-bond acceptors (Lipinski definition) is 3. The van der Waals surface area contributed by atoms with E-state index in [1.165, 1.54) is 4.90 Å². The third-order valence-corrected chi connectivity index (χ3v) is 5.17. The molecule has 142 valence electrons. The summed E-state index contributed by atoms with van der Waals surface area (Å²) in [6, 6.07) is 16.8. The zero-order valence-corrected chi connectivity index (χ0v) is 16.0. The second-order valence-electron chi connectivity index (χ2n) is 6.88. The summed E-state index contributed by atoms with van der Waals surface area (Å²) < 4.78 is 5.43. The third kappa shape index (κ3) is 4.61. The molecule has 0 aromatic heterocycles. The van der Waals surface area contributed by atoms with Gasteiger partial charge in [-0.1, -0.05) is 54.1 Å². The van der Waals surface area contributed by atoms with Gasteiger partial charge in [0.2, 0.25) is 5.91 Å². The largest absolute Gasteiger partial charge is 0.445 e. The Hall–Kier alpha value is -2.53. The molecule has 0 aliphatic carbocycles. The maximum atomic E-state index is 12.8. The van der Waals surface area contributed by atoms with Crippen molar-refractivity contribution in [2.75, 3.05) is 6.54 Å². The van der Waals surface area contributed by atoms with Crippen LogP contribution >= 0.6 is 11.6 Å². The zero-order chi connectivity index (χ0) is 19.3. The van der Waals surface area contributed by atoms with Crippen LogP contribution in [0.4, 0.5) is 4.79 Å². The van der Waals surface area contributed by atoms with Crippen LogP contribution < -0.4 is 5.32 Å². The van der Waals surface area contributed by atoms with Crippen LogP contribution in [0.1, 0.15) is 30.9 Å². The molecule has 1 aliphatic rings. The molecule has 1 aliphatic heterocycles. The van der Waals surface area contributed by atoms with E-state index in [9.17, 15) is 9.59 Å². The molecule has 0 spiro atoms. The van der Waals surface area contributed by atoms with Crippen LogP contribution in [0.5, 0.6) is 0 Å². The number of amides is 2. The van der Waals surface area contributed by atoms with E-state index in [-0.39, 0.29) is 12.5 Å². The van der Waals surface area contributed by atoms with Crippen LogP contribution in [-0.2, 0) is 22.7 Å². The van der Waals surface area contributed by atoms with Crippen molar-refractivity contribution >= 4 is 23.6 Å². The SMILES string of the molecule is CC1(C(=O)NCc2ccc(Cl)cc2)CCCN1C(=O)OCc1ccccc1. The molecule has 2 aromatic carbocycles. The topological polar surface area (TPSA) is 58.6 Å². The molecular weight excluding hydrogens is 364 g/mol. The van der Waals surface area contributed by atoms with E-state index in [0.717, 1.165) is 17.5 Å². The lowest BCUT2D eigenvalue weighted by molar-refractivity contribution is -0.130. The molecule has 0 radical (unpaired) electrons. The van der Waals surface area contributed by atoms with E-state index in [2.05, 4.69) is 5.32 Å². The molecule has 1 saturated heterocycles. The number of carbonyl (C=O) groups excluding carboxylic acids is 2. The van der Waals surface area contributed by atoms with Gasteiger partial charge in [-0.25, -0.2) is 4.79 Å². The number of hydrogen-bond donors (Lipinski definition) is 1. The lowest BCUT2D eigenvalue weighted by Crippen LogP contribution is -2.55. The third-order valence-electron chi connectivity index (χ3n) is 4.92. The van der Waals surface area contributed by atoms with Gasteiger partial charge in [-0.3, -0.25) is 9.69 Å². The van der Waals surface area contributed by atoms with Gasteiger partial charge < -0.3 is 10.1 Å². The van der Waals surface area contributed by atoms with E-state index in [1.54, 1.807) is 19.1 Å². The summed E-state index contributed by atoms with van der Waals surface area (Å²) in [6.45, 7) is 2.89. The Balaban J connectivity index is 1.59. The molecule has 0 bridgehead atoms. The first kappa shape index (κ1) is 19.2. The van der Waals surface area contributed by atoms with E-state index >= 15 is 0 Å². The molecule has 1 heterocycles. The van der Waals surface area contributed by atoms with Crippen LogP contribution in [0.2, 0.25) is 5.02 Å². The highest BCUT2D eigenvalue weighted by Gasteiger charge is 2.46. The number of nitrogens with one attached hydrogen (secondary N) is 1. The van der Waals surface area contributed by atoms with Crippen molar-refractivity contribution in [1.29, 1.82) is 0 Å². The molecule has 5 nitrogen and oxygen atoms in total. The van der Waals surface area contributed by atoms with Crippen molar-refractivity contribution < 1.29 is 14.3 Å². The monoisotopic (exact) mass is 386 g/mol. The van der Waals surface area contributed by atoms with E-state index in [1.807, 2.05) is 42.5 Å². The highest BCUT2D eigenvalue weighted by Crippen LogP contribution is 2.30. The average Bonchev–Trinajstić information content (AvgIpc) is 3.09. The van der Waals surface area contributed by atoms with Gasteiger partial charge in [0, 0.05) is 18.1 Å². The van der Waals surface area contributed by atoms with Gasteiger partial charge in [-0.05, 0) is 43.0 Å². The summed E-state index contributed by atoms with van der Waals surface area (Å²) in [4.78, 5) is 26.9. The van der Waals surface area contributed by atoms with Crippen LogP contribution in [0.25, 0.3) is 0 Å². The second kappa shape index (κ2) is 8.44. The lowest BCUT2D eigenvalue weighted by Gasteiger charge is -2.33. The molecule has 3 rings (SSSR count). The number of nitrogens with zero attached hydrogens (tertiary/aromatic N) is 1. The minimum Gasteiger partial charge on any atom is -0.445 e. The molecular formula is C21H23ClN2O3. The predicted molar refractivity (Wildman–Crippen MR) is 104 cm³/mol. The number of ether oxygens (including phenoxy) is 1. The molecule has 0 saturated carbocycles. The van der Waals surface area contributed by atoms with Crippen molar-refractivity contribution in [3.8, 4) is 0 Å². The van der Waals surface area contributed by atoms with E-state index < -0.39 is 11.6 Å². The molecule has 1 atom stereocenters. The van der Waals surface area contributed by atoms with E-state index in [4.69, 9.17) is 16.3 Å². The fourth-order valence-electron chi connectivity index (χ4n) is 3.26. The number of benzene rings is 2. The van der Waals surface area contributed by atoms with Crippen molar-refractivity contribution in [3.05, 3.63) is 70.7 Å². The first-order chi connectivity index (χ1) is 13.0. The van der Waals surface area contributed by atoms with E-state index in [0.29, 0.717) is 24.5 Å². The Kier molecular flexibility index (Phi) is 6.01. The van der Waals surface area contributed by atoms with Crippen LogP contribution in [0.3, 0.4) is 0 Å².